The highest BCUT2D eigenvalue weighted by atomic mass is 32.1. The average Bonchev–Trinajstić information content (AvgIpc) is 2.53. The second kappa shape index (κ2) is 5.07. The molecular formula is C9H14N2O2S. The van der Waals surface area contributed by atoms with Crippen molar-refractivity contribution in [3.05, 3.63) is 16.6 Å². The van der Waals surface area contributed by atoms with Crippen molar-refractivity contribution >= 4 is 17.2 Å². The number of aliphatic hydroxyl groups excluding tert-OH is 1. The Balaban J connectivity index is 2.41. The van der Waals surface area contributed by atoms with E-state index in [0.717, 1.165) is 0 Å². The van der Waals surface area contributed by atoms with E-state index in [4.69, 9.17) is 5.11 Å². The van der Waals surface area contributed by atoms with Gasteiger partial charge in [-0.2, -0.15) is 0 Å². The fourth-order valence-corrected chi connectivity index (χ4v) is 1.72. The Morgan fingerprint density at radius 2 is 2.43 bits per heavy atom. The monoisotopic (exact) mass is 214 g/mol. The first-order valence-electron chi connectivity index (χ1n) is 4.47. The van der Waals surface area contributed by atoms with Gasteiger partial charge >= 0.3 is 0 Å². The Labute approximate surface area is 87.0 Å². The number of rotatable bonds is 4. The van der Waals surface area contributed by atoms with Crippen LogP contribution in [0, 0.1) is 0 Å². The average molecular weight is 214 g/mol. The van der Waals surface area contributed by atoms with E-state index in [9.17, 15) is 4.79 Å². The van der Waals surface area contributed by atoms with Crippen LogP contribution >= 0.6 is 11.3 Å². The highest BCUT2D eigenvalue weighted by Gasteiger charge is 2.12. The van der Waals surface area contributed by atoms with Crippen LogP contribution in [0.3, 0.4) is 0 Å². The van der Waals surface area contributed by atoms with E-state index in [-0.39, 0.29) is 11.9 Å². The van der Waals surface area contributed by atoms with Crippen LogP contribution < -0.4 is 5.32 Å². The van der Waals surface area contributed by atoms with E-state index in [1.54, 1.807) is 12.4 Å². The van der Waals surface area contributed by atoms with Crippen LogP contribution in [0.25, 0.3) is 0 Å². The number of aliphatic hydroxyl groups is 1. The summed E-state index contributed by atoms with van der Waals surface area (Å²) in [6.07, 6.45) is 1.70. The minimum atomic E-state index is -0.397. The van der Waals surface area contributed by atoms with Crippen molar-refractivity contribution < 1.29 is 9.90 Å². The lowest BCUT2D eigenvalue weighted by Crippen LogP contribution is -2.34. The predicted molar refractivity (Wildman–Crippen MR) is 55.3 cm³/mol. The van der Waals surface area contributed by atoms with Crippen LogP contribution in [0.4, 0.5) is 0 Å². The number of hydrogen-bond acceptors (Lipinski definition) is 4. The summed E-state index contributed by atoms with van der Waals surface area (Å²) in [5.41, 5.74) is 1.62. The van der Waals surface area contributed by atoms with E-state index >= 15 is 0 Å². The van der Waals surface area contributed by atoms with Crippen molar-refractivity contribution in [3.63, 3.8) is 0 Å². The number of amides is 1. The Morgan fingerprint density at radius 1 is 1.71 bits per heavy atom. The lowest BCUT2D eigenvalue weighted by atomic mass is 10.1. The molecule has 4 nitrogen and oxygen atoms in total. The third kappa shape index (κ3) is 3.43. The van der Waals surface area contributed by atoms with Gasteiger partial charge in [-0.05, 0) is 20.3 Å². The molecule has 2 atom stereocenters. The van der Waals surface area contributed by atoms with E-state index in [1.165, 1.54) is 17.5 Å². The largest absolute Gasteiger partial charge is 0.393 e. The molecular weight excluding hydrogens is 200 g/mol. The standard InChI is InChI=1S/C9H14N2O2S/c1-6(3-7(2)12)11-9(13)8-4-10-5-14-8/h4-7,12H,3H2,1-2H3,(H,11,13). The first kappa shape index (κ1) is 11.1. The molecule has 1 aromatic heterocycles. The van der Waals surface area contributed by atoms with Crippen molar-refractivity contribution in [1.29, 1.82) is 0 Å². The molecule has 5 heteroatoms. The summed E-state index contributed by atoms with van der Waals surface area (Å²) in [4.78, 5) is 15.9. The number of carbonyl (C=O) groups excluding carboxylic acids is 1. The maximum atomic E-state index is 11.5. The second-order valence-corrected chi connectivity index (χ2v) is 4.21. The zero-order chi connectivity index (χ0) is 10.6. The summed E-state index contributed by atoms with van der Waals surface area (Å²) >= 11 is 1.31. The second-order valence-electron chi connectivity index (χ2n) is 3.32. The Bertz CT molecular complexity index is 285. The lowest BCUT2D eigenvalue weighted by molar-refractivity contribution is 0.0927. The number of aromatic nitrogens is 1. The number of thiazole rings is 1. The maximum Gasteiger partial charge on any atom is 0.263 e. The van der Waals surface area contributed by atoms with Gasteiger partial charge < -0.3 is 10.4 Å². The fraction of sp³-hybridized carbons (Fsp3) is 0.556. The molecule has 1 aromatic rings. The van der Waals surface area contributed by atoms with Gasteiger partial charge in [-0.1, -0.05) is 0 Å². The highest BCUT2D eigenvalue weighted by molar-refractivity contribution is 7.11. The molecule has 0 saturated heterocycles. The molecule has 0 fully saturated rings. The van der Waals surface area contributed by atoms with Gasteiger partial charge in [-0.3, -0.25) is 9.78 Å². The number of nitrogens with one attached hydrogen (secondary N) is 1. The van der Waals surface area contributed by atoms with Crippen LogP contribution in [0.2, 0.25) is 0 Å². The zero-order valence-electron chi connectivity index (χ0n) is 8.23. The van der Waals surface area contributed by atoms with Crippen molar-refractivity contribution in [1.82, 2.24) is 10.3 Å². The van der Waals surface area contributed by atoms with Gasteiger partial charge in [0, 0.05) is 6.04 Å². The number of hydrogen-bond donors (Lipinski definition) is 2. The summed E-state index contributed by atoms with van der Waals surface area (Å²) in [5.74, 6) is -0.124. The first-order valence-corrected chi connectivity index (χ1v) is 5.35. The molecule has 0 aliphatic heterocycles. The van der Waals surface area contributed by atoms with Crippen LogP contribution in [0.5, 0.6) is 0 Å². The topological polar surface area (TPSA) is 62.2 Å². The van der Waals surface area contributed by atoms with Gasteiger partial charge in [-0.25, -0.2) is 0 Å². The molecule has 0 bridgehead atoms. The predicted octanol–water partition coefficient (Wildman–Crippen LogP) is 1.03. The zero-order valence-corrected chi connectivity index (χ0v) is 9.04. The molecule has 14 heavy (non-hydrogen) atoms. The highest BCUT2D eigenvalue weighted by Crippen LogP contribution is 2.06. The molecule has 2 unspecified atom stereocenters. The molecule has 1 rings (SSSR count). The van der Waals surface area contributed by atoms with Crippen molar-refractivity contribution in [2.24, 2.45) is 0 Å². The summed E-state index contributed by atoms with van der Waals surface area (Å²) < 4.78 is 0. The summed E-state index contributed by atoms with van der Waals surface area (Å²) in [7, 11) is 0. The summed E-state index contributed by atoms with van der Waals surface area (Å²) in [6, 6.07) is -0.0235. The van der Waals surface area contributed by atoms with Crippen molar-refractivity contribution in [2.75, 3.05) is 0 Å². The number of carbonyl (C=O) groups is 1. The maximum absolute atomic E-state index is 11.5. The smallest absolute Gasteiger partial charge is 0.263 e. The molecule has 0 aliphatic rings. The van der Waals surface area contributed by atoms with E-state index < -0.39 is 6.10 Å². The minimum absolute atomic E-state index is 0.0235. The van der Waals surface area contributed by atoms with Gasteiger partial charge in [0.2, 0.25) is 0 Å². The summed E-state index contributed by atoms with van der Waals surface area (Å²) in [5, 5.41) is 11.9. The molecule has 1 heterocycles. The molecule has 78 valence electrons. The Kier molecular flexibility index (Phi) is 4.03. The van der Waals surface area contributed by atoms with Gasteiger partial charge in [-0.15, -0.1) is 11.3 Å². The molecule has 0 spiro atoms. The van der Waals surface area contributed by atoms with E-state index in [0.29, 0.717) is 11.3 Å². The molecule has 0 radical (unpaired) electrons. The Hall–Kier alpha value is -0.940. The molecule has 2 N–H and O–H groups in total. The number of nitrogens with zero attached hydrogens (tertiary/aromatic N) is 1. The first-order chi connectivity index (χ1) is 6.59. The Morgan fingerprint density at radius 3 is 2.93 bits per heavy atom. The molecule has 0 aromatic carbocycles. The van der Waals surface area contributed by atoms with Crippen LogP contribution in [-0.4, -0.2) is 28.1 Å². The fourth-order valence-electron chi connectivity index (χ4n) is 1.19. The normalized spacial score (nSPS) is 14.8. The lowest BCUT2D eigenvalue weighted by Gasteiger charge is -2.14. The van der Waals surface area contributed by atoms with Gasteiger partial charge in [0.1, 0.15) is 4.88 Å². The molecule has 0 saturated carbocycles. The van der Waals surface area contributed by atoms with Gasteiger partial charge in [0.25, 0.3) is 5.91 Å². The quantitative estimate of drug-likeness (QED) is 0.787. The third-order valence-corrected chi connectivity index (χ3v) is 2.50. The van der Waals surface area contributed by atoms with E-state index in [2.05, 4.69) is 10.3 Å². The molecule has 1 amide bonds. The third-order valence-electron chi connectivity index (χ3n) is 1.73. The van der Waals surface area contributed by atoms with Crippen molar-refractivity contribution in [3.8, 4) is 0 Å². The van der Waals surface area contributed by atoms with Crippen molar-refractivity contribution in [2.45, 2.75) is 32.4 Å². The van der Waals surface area contributed by atoms with Crippen LogP contribution in [0.15, 0.2) is 11.7 Å². The van der Waals surface area contributed by atoms with Gasteiger partial charge in [0.15, 0.2) is 0 Å². The molecule has 0 aliphatic carbocycles. The van der Waals surface area contributed by atoms with Crippen LogP contribution in [0.1, 0.15) is 29.9 Å². The van der Waals surface area contributed by atoms with Gasteiger partial charge in [0.05, 0.1) is 17.8 Å². The summed E-state index contributed by atoms with van der Waals surface area (Å²) in [6.45, 7) is 3.57. The van der Waals surface area contributed by atoms with E-state index in [1.807, 2.05) is 6.92 Å². The SMILES string of the molecule is CC(O)CC(C)NC(=O)c1cncs1. The minimum Gasteiger partial charge on any atom is -0.393 e. The van der Waals surface area contributed by atoms with Crippen LogP contribution in [-0.2, 0) is 0 Å².